The van der Waals surface area contributed by atoms with Crippen molar-refractivity contribution in [1.82, 2.24) is 0 Å². The first-order chi connectivity index (χ1) is 7.99. The Morgan fingerprint density at radius 2 is 1.65 bits per heavy atom. The number of ketones is 2. The second kappa shape index (κ2) is 3.06. The van der Waals surface area contributed by atoms with E-state index < -0.39 is 5.60 Å². The van der Waals surface area contributed by atoms with E-state index in [2.05, 4.69) is 0 Å². The predicted molar refractivity (Wildman–Crippen MR) is 61.9 cm³/mol. The summed E-state index contributed by atoms with van der Waals surface area (Å²) in [4.78, 5) is 24.4. The molecule has 3 nitrogen and oxygen atoms in total. The minimum Gasteiger partial charge on any atom is -0.483 e. The highest BCUT2D eigenvalue weighted by Gasteiger charge is 2.43. The zero-order valence-electron chi connectivity index (χ0n) is 9.74. The Balaban J connectivity index is 2.18. The summed E-state index contributed by atoms with van der Waals surface area (Å²) in [7, 11) is 0. The van der Waals surface area contributed by atoms with Gasteiger partial charge in [-0.15, -0.1) is 0 Å². The molecule has 0 saturated heterocycles. The Kier molecular flexibility index (Phi) is 1.85. The van der Waals surface area contributed by atoms with Crippen molar-refractivity contribution in [2.24, 2.45) is 0 Å². The molecule has 0 atom stereocenters. The number of benzene rings is 1. The summed E-state index contributed by atoms with van der Waals surface area (Å²) < 4.78 is 5.60. The molecule has 1 aromatic carbocycles. The van der Waals surface area contributed by atoms with Gasteiger partial charge in [0.2, 0.25) is 5.78 Å². The van der Waals surface area contributed by atoms with Crippen LogP contribution in [-0.2, 0) is 4.74 Å². The average molecular weight is 228 g/mol. The molecule has 17 heavy (non-hydrogen) atoms. The van der Waals surface area contributed by atoms with Gasteiger partial charge >= 0.3 is 0 Å². The second-order valence-corrected chi connectivity index (χ2v) is 5.05. The minimum atomic E-state index is -0.460. The van der Waals surface area contributed by atoms with Gasteiger partial charge in [-0.25, -0.2) is 0 Å². The lowest BCUT2D eigenvalue weighted by Crippen LogP contribution is -2.20. The van der Waals surface area contributed by atoms with Crippen LogP contribution in [0.3, 0.4) is 0 Å². The molecule has 2 aliphatic rings. The van der Waals surface area contributed by atoms with E-state index >= 15 is 0 Å². The number of carbonyl (C=O) groups excluding carboxylic acids is 2. The summed E-state index contributed by atoms with van der Waals surface area (Å²) in [5, 5.41) is 0. The average Bonchev–Trinajstić information content (AvgIpc) is 2.63. The largest absolute Gasteiger partial charge is 0.483 e. The Hall–Kier alpha value is -1.90. The zero-order valence-corrected chi connectivity index (χ0v) is 9.74. The zero-order chi connectivity index (χ0) is 12.2. The minimum absolute atomic E-state index is 0.0687. The first-order valence-electron chi connectivity index (χ1n) is 5.60. The summed E-state index contributed by atoms with van der Waals surface area (Å²) in [6.45, 7) is 3.77. The van der Waals surface area contributed by atoms with E-state index in [0.717, 1.165) is 0 Å². The van der Waals surface area contributed by atoms with Gasteiger partial charge in [0.1, 0.15) is 5.60 Å². The van der Waals surface area contributed by atoms with Crippen molar-refractivity contribution in [3.63, 3.8) is 0 Å². The first-order valence-corrected chi connectivity index (χ1v) is 5.60. The van der Waals surface area contributed by atoms with Gasteiger partial charge in [-0.2, -0.15) is 0 Å². The van der Waals surface area contributed by atoms with Crippen LogP contribution in [0.2, 0.25) is 0 Å². The number of ether oxygens (including phenoxy) is 1. The molecule has 1 aromatic rings. The molecule has 0 amide bonds. The number of fused-ring (bicyclic) bond motifs is 1. The molecular weight excluding hydrogens is 216 g/mol. The normalized spacial score (nSPS) is 21.1. The van der Waals surface area contributed by atoms with Crippen molar-refractivity contribution in [1.29, 1.82) is 0 Å². The molecule has 86 valence electrons. The van der Waals surface area contributed by atoms with E-state index in [9.17, 15) is 9.59 Å². The third-order valence-electron chi connectivity index (χ3n) is 3.15. The highest BCUT2D eigenvalue weighted by atomic mass is 16.5. The van der Waals surface area contributed by atoms with Gasteiger partial charge in [-0.1, -0.05) is 24.3 Å². The van der Waals surface area contributed by atoms with Crippen molar-refractivity contribution in [2.75, 3.05) is 0 Å². The van der Waals surface area contributed by atoms with E-state index in [1.54, 1.807) is 24.3 Å². The maximum absolute atomic E-state index is 12.2. The standard InChI is InChI=1S/C14H12O3/c1-14(2)7-10-11(15)8-5-3-4-6-9(8)12(16)13(10)17-14/h3-6H,7H2,1-2H3. The van der Waals surface area contributed by atoms with Gasteiger partial charge in [0.25, 0.3) is 0 Å². The first kappa shape index (κ1) is 10.3. The number of Topliss-reactive ketones (excluding diaryl/α,β-unsaturated/α-hetero) is 2. The topological polar surface area (TPSA) is 43.4 Å². The third-order valence-corrected chi connectivity index (χ3v) is 3.15. The molecule has 1 aliphatic carbocycles. The van der Waals surface area contributed by atoms with Crippen LogP contribution >= 0.6 is 0 Å². The van der Waals surface area contributed by atoms with Crippen molar-refractivity contribution in [3.8, 4) is 0 Å². The lowest BCUT2D eigenvalue weighted by molar-refractivity contribution is 0.0510. The van der Waals surface area contributed by atoms with Crippen LogP contribution in [0.4, 0.5) is 0 Å². The van der Waals surface area contributed by atoms with Crippen LogP contribution in [0, 0.1) is 0 Å². The van der Waals surface area contributed by atoms with E-state index in [1.165, 1.54) is 0 Å². The van der Waals surface area contributed by atoms with Crippen LogP contribution in [0.1, 0.15) is 41.0 Å². The smallest absolute Gasteiger partial charge is 0.228 e. The van der Waals surface area contributed by atoms with Crippen LogP contribution < -0.4 is 0 Å². The van der Waals surface area contributed by atoms with Gasteiger partial charge < -0.3 is 4.74 Å². The molecule has 0 bridgehead atoms. The number of hydrogen-bond donors (Lipinski definition) is 0. The van der Waals surface area contributed by atoms with Gasteiger partial charge in [-0.3, -0.25) is 9.59 Å². The molecule has 0 radical (unpaired) electrons. The molecule has 3 rings (SSSR count). The number of carbonyl (C=O) groups is 2. The van der Waals surface area contributed by atoms with Crippen molar-refractivity contribution in [2.45, 2.75) is 25.9 Å². The molecule has 0 N–H and O–H groups in total. The maximum Gasteiger partial charge on any atom is 0.228 e. The molecular formula is C14H12O3. The van der Waals surface area contributed by atoms with Crippen molar-refractivity contribution in [3.05, 3.63) is 46.7 Å². The third kappa shape index (κ3) is 1.35. The van der Waals surface area contributed by atoms with Gasteiger partial charge in [0.05, 0.1) is 5.57 Å². The number of hydrogen-bond acceptors (Lipinski definition) is 3. The van der Waals surface area contributed by atoms with Gasteiger partial charge in [0.15, 0.2) is 11.5 Å². The predicted octanol–water partition coefficient (Wildman–Crippen LogP) is 2.52. The highest BCUT2D eigenvalue weighted by Crippen LogP contribution is 2.40. The number of rotatable bonds is 0. The monoisotopic (exact) mass is 228 g/mol. The second-order valence-electron chi connectivity index (χ2n) is 5.05. The van der Waals surface area contributed by atoms with Crippen LogP contribution in [0.15, 0.2) is 35.6 Å². The molecule has 3 heteroatoms. The lowest BCUT2D eigenvalue weighted by atomic mass is 9.86. The molecule has 0 aromatic heterocycles. The van der Waals surface area contributed by atoms with Crippen LogP contribution in [0.5, 0.6) is 0 Å². The molecule has 0 fully saturated rings. The van der Waals surface area contributed by atoms with Crippen LogP contribution in [0.25, 0.3) is 0 Å². The van der Waals surface area contributed by atoms with Crippen molar-refractivity contribution < 1.29 is 14.3 Å². The summed E-state index contributed by atoms with van der Waals surface area (Å²) in [5.74, 6) is 0.0141. The van der Waals surface area contributed by atoms with E-state index in [1.807, 2.05) is 13.8 Å². The molecule has 1 aliphatic heterocycles. The lowest BCUT2D eigenvalue weighted by Gasteiger charge is -2.18. The maximum atomic E-state index is 12.2. The summed E-state index contributed by atoms with van der Waals surface area (Å²) in [6, 6.07) is 6.91. The fourth-order valence-corrected chi connectivity index (χ4v) is 2.41. The Labute approximate surface area is 99.1 Å². The summed E-state index contributed by atoms with van der Waals surface area (Å²) in [6.07, 6.45) is 0.501. The van der Waals surface area contributed by atoms with Gasteiger partial charge in [0, 0.05) is 17.5 Å². The number of allylic oxidation sites excluding steroid dienone is 1. The molecule has 0 unspecified atom stereocenters. The fraction of sp³-hybridized carbons (Fsp3) is 0.286. The SMILES string of the molecule is CC1(C)CC2=C(O1)C(=O)c1ccccc1C2=O. The molecule has 0 spiro atoms. The summed E-state index contributed by atoms with van der Waals surface area (Å²) >= 11 is 0. The van der Waals surface area contributed by atoms with E-state index in [0.29, 0.717) is 23.1 Å². The Morgan fingerprint density at radius 1 is 1.06 bits per heavy atom. The molecule has 1 heterocycles. The Bertz CT molecular complexity index is 530. The molecule has 0 saturated carbocycles. The highest BCUT2D eigenvalue weighted by molar-refractivity contribution is 6.26. The summed E-state index contributed by atoms with van der Waals surface area (Å²) in [5.41, 5.74) is 1.02. The Morgan fingerprint density at radius 3 is 2.29 bits per heavy atom. The van der Waals surface area contributed by atoms with E-state index in [-0.39, 0.29) is 17.3 Å². The quantitative estimate of drug-likeness (QED) is 0.685. The van der Waals surface area contributed by atoms with Gasteiger partial charge in [-0.05, 0) is 13.8 Å². The van der Waals surface area contributed by atoms with E-state index in [4.69, 9.17) is 4.74 Å². The van der Waals surface area contributed by atoms with Crippen LogP contribution in [-0.4, -0.2) is 17.2 Å². The fourth-order valence-electron chi connectivity index (χ4n) is 2.41. The van der Waals surface area contributed by atoms with Crippen molar-refractivity contribution >= 4 is 11.6 Å².